The predicted octanol–water partition coefficient (Wildman–Crippen LogP) is 0.380. The van der Waals surface area contributed by atoms with E-state index >= 15 is 0 Å². The van der Waals surface area contributed by atoms with Crippen LogP contribution in [0.3, 0.4) is 0 Å². The maximum atomic E-state index is 12.7. The number of esters is 1. The highest BCUT2D eigenvalue weighted by Gasteiger charge is 2.68. The molecule has 0 aromatic carbocycles. The number of aliphatic hydroxyl groups excluding tert-OH is 6. The van der Waals surface area contributed by atoms with E-state index in [1.165, 1.54) is 19.3 Å². The monoisotopic (exact) mass is 750 g/mol. The molecule has 296 valence electrons. The highest BCUT2D eigenvalue weighted by molar-refractivity contribution is 5.66. The van der Waals surface area contributed by atoms with Crippen LogP contribution in [0.25, 0.3) is 0 Å². The second-order valence-electron chi connectivity index (χ2n) is 16.6. The van der Waals surface area contributed by atoms with Gasteiger partial charge in [-0.3, -0.25) is 4.79 Å². The van der Waals surface area contributed by atoms with E-state index in [-0.39, 0.29) is 17.8 Å². The Kier molecular flexibility index (Phi) is 10.5. The fraction of sp³-hybridized carbons (Fsp3) is 0.789. The van der Waals surface area contributed by atoms with Gasteiger partial charge in [0.2, 0.25) is 0 Å². The largest absolute Gasteiger partial charge is 0.458 e. The third-order valence-electron chi connectivity index (χ3n) is 13.9. The van der Waals surface area contributed by atoms with Gasteiger partial charge in [-0.05, 0) is 92.2 Å². The van der Waals surface area contributed by atoms with E-state index in [2.05, 4.69) is 13.8 Å². The molecule has 15 heteroatoms. The molecule has 18 unspecified atom stereocenters. The minimum Gasteiger partial charge on any atom is -0.458 e. The van der Waals surface area contributed by atoms with Gasteiger partial charge in [-0.2, -0.15) is 0 Å². The van der Waals surface area contributed by atoms with Crippen LogP contribution in [-0.2, 0) is 28.5 Å². The number of carbonyl (C=O) groups excluding carboxylic acids is 1. The summed E-state index contributed by atoms with van der Waals surface area (Å²) >= 11 is 0. The highest BCUT2D eigenvalue weighted by atomic mass is 16.7. The molecular formula is C38H54O15. The van der Waals surface area contributed by atoms with Gasteiger partial charge < -0.3 is 63.8 Å². The lowest BCUT2D eigenvalue weighted by Gasteiger charge is -2.63. The summed E-state index contributed by atoms with van der Waals surface area (Å²) in [5.74, 6) is -0.514. The van der Waals surface area contributed by atoms with E-state index in [4.69, 9.17) is 28.1 Å². The molecule has 6 aliphatic rings. The van der Waals surface area contributed by atoms with Gasteiger partial charge in [0, 0.05) is 18.4 Å². The molecule has 1 aromatic rings. The molecule has 0 spiro atoms. The Balaban J connectivity index is 1.08. The van der Waals surface area contributed by atoms with E-state index in [0.717, 1.165) is 30.4 Å². The number of aliphatic hydroxyl groups is 7. The Labute approximate surface area is 307 Å². The molecule has 3 heterocycles. The first-order valence-corrected chi connectivity index (χ1v) is 18.9. The Bertz CT molecular complexity index is 1580. The highest BCUT2D eigenvalue weighted by Crippen LogP contribution is 2.70. The summed E-state index contributed by atoms with van der Waals surface area (Å²) in [7, 11) is 0. The van der Waals surface area contributed by atoms with Crippen molar-refractivity contribution in [2.24, 2.45) is 22.7 Å². The lowest BCUT2D eigenvalue weighted by atomic mass is 9.44. The zero-order chi connectivity index (χ0) is 38.2. The molecule has 3 saturated carbocycles. The second-order valence-corrected chi connectivity index (χ2v) is 16.6. The van der Waals surface area contributed by atoms with Gasteiger partial charge in [-0.25, -0.2) is 4.79 Å². The number of carbonyl (C=O) groups is 1. The van der Waals surface area contributed by atoms with Crippen LogP contribution in [0.2, 0.25) is 0 Å². The van der Waals surface area contributed by atoms with Gasteiger partial charge in [-0.1, -0.05) is 19.9 Å². The standard InChI is InChI=1S/C38H54O15/c1-17-33(53-35-31(45)29(43)28(42)26(15-39)52-35)30(44)32(46)34(49-17)51-20-7-10-36(3)22-8-11-37(4)21(19-5-6-27(41)48-16-19)9-12-38(37,47)23(22)14-25(24(36)13-20)50-18(2)40/h5-6,13,16-17,20-23,25-26,28-35,39,42-47H,7-12,14-15H2,1-4H3. The topological polar surface area (TPSA) is 235 Å². The summed E-state index contributed by atoms with van der Waals surface area (Å²) in [6.45, 7) is 6.60. The first-order valence-electron chi connectivity index (χ1n) is 18.9. The molecule has 15 nitrogen and oxygen atoms in total. The van der Waals surface area contributed by atoms with Crippen LogP contribution < -0.4 is 5.63 Å². The van der Waals surface area contributed by atoms with Crippen LogP contribution in [0.5, 0.6) is 0 Å². The number of hydrogen-bond donors (Lipinski definition) is 7. The van der Waals surface area contributed by atoms with Crippen molar-refractivity contribution < 1.29 is 68.6 Å². The van der Waals surface area contributed by atoms with Crippen molar-refractivity contribution >= 4 is 5.97 Å². The number of ether oxygens (including phenoxy) is 5. The fourth-order valence-electron chi connectivity index (χ4n) is 11.0. The van der Waals surface area contributed by atoms with Crippen molar-refractivity contribution in [3.63, 3.8) is 0 Å². The van der Waals surface area contributed by atoms with Crippen LogP contribution in [-0.4, -0.2) is 128 Å². The van der Waals surface area contributed by atoms with Crippen molar-refractivity contribution in [1.29, 1.82) is 0 Å². The first kappa shape index (κ1) is 39.0. The number of rotatable bonds is 7. The van der Waals surface area contributed by atoms with Gasteiger partial charge in [0.15, 0.2) is 12.6 Å². The van der Waals surface area contributed by atoms with Crippen molar-refractivity contribution in [3.8, 4) is 0 Å². The lowest BCUT2D eigenvalue weighted by Crippen LogP contribution is -2.64. The molecule has 0 radical (unpaired) electrons. The second kappa shape index (κ2) is 14.3. The van der Waals surface area contributed by atoms with Crippen molar-refractivity contribution in [2.75, 3.05) is 6.61 Å². The molecule has 5 fully saturated rings. The minimum absolute atomic E-state index is 0.000672. The summed E-state index contributed by atoms with van der Waals surface area (Å²) in [6.07, 6.45) is -7.53. The van der Waals surface area contributed by atoms with E-state index < -0.39 is 108 Å². The third kappa shape index (κ3) is 6.43. The molecule has 2 saturated heterocycles. The van der Waals surface area contributed by atoms with E-state index in [9.17, 15) is 45.3 Å². The molecule has 1 aromatic heterocycles. The maximum absolute atomic E-state index is 12.7. The van der Waals surface area contributed by atoms with E-state index in [0.29, 0.717) is 25.7 Å². The average molecular weight is 751 g/mol. The fourth-order valence-corrected chi connectivity index (χ4v) is 11.0. The van der Waals surface area contributed by atoms with Crippen LogP contribution in [0.1, 0.15) is 84.1 Å². The van der Waals surface area contributed by atoms with Gasteiger partial charge in [0.05, 0.1) is 30.7 Å². The predicted molar refractivity (Wildman–Crippen MR) is 182 cm³/mol. The van der Waals surface area contributed by atoms with Crippen LogP contribution in [0.15, 0.2) is 39.3 Å². The van der Waals surface area contributed by atoms with Crippen LogP contribution in [0.4, 0.5) is 0 Å². The Hall–Kier alpha value is -2.28. The Morgan fingerprint density at radius 3 is 2.28 bits per heavy atom. The number of fused-ring (bicyclic) bond motifs is 5. The minimum atomic E-state index is -1.71. The average Bonchev–Trinajstić information content (AvgIpc) is 3.40. The molecule has 18 atom stereocenters. The molecule has 2 aliphatic heterocycles. The molecule has 4 aliphatic carbocycles. The summed E-state index contributed by atoms with van der Waals surface area (Å²) in [6, 6.07) is 3.22. The third-order valence-corrected chi connectivity index (χ3v) is 13.9. The van der Waals surface area contributed by atoms with Gasteiger partial charge >= 0.3 is 11.6 Å². The van der Waals surface area contributed by atoms with Gasteiger partial charge in [0.25, 0.3) is 0 Å². The zero-order valence-corrected chi connectivity index (χ0v) is 30.5. The van der Waals surface area contributed by atoms with Crippen LogP contribution in [0, 0.1) is 22.7 Å². The quantitative estimate of drug-likeness (QED) is 0.147. The Morgan fingerprint density at radius 2 is 1.60 bits per heavy atom. The number of hydrogen-bond acceptors (Lipinski definition) is 15. The van der Waals surface area contributed by atoms with Crippen molar-refractivity contribution in [3.05, 3.63) is 46.0 Å². The first-order chi connectivity index (χ1) is 25.0. The Morgan fingerprint density at radius 1 is 0.887 bits per heavy atom. The van der Waals surface area contributed by atoms with Gasteiger partial charge in [0.1, 0.15) is 48.8 Å². The molecule has 0 amide bonds. The summed E-state index contributed by atoms with van der Waals surface area (Å²) in [5.41, 5.74) is -0.572. The zero-order valence-electron chi connectivity index (χ0n) is 30.5. The van der Waals surface area contributed by atoms with Crippen molar-refractivity contribution in [2.45, 2.75) is 158 Å². The maximum Gasteiger partial charge on any atom is 0.335 e. The molecule has 53 heavy (non-hydrogen) atoms. The summed E-state index contributed by atoms with van der Waals surface area (Å²) in [4.78, 5) is 24.2. The lowest BCUT2D eigenvalue weighted by molar-refractivity contribution is -0.357. The molecule has 7 rings (SSSR count). The van der Waals surface area contributed by atoms with Crippen LogP contribution >= 0.6 is 0 Å². The molecular weight excluding hydrogens is 696 g/mol. The molecule has 0 bridgehead atoms. The summed E-state index contributed by atoms with van der Waals surface area (Å²) < 4.78 is 34.7. The SMILES string of the molecule is CC(=O)OC1CC2C(CCC3(C)C(c4ccc(=O)oc4)CCC23O)C2(C)CCC(OC3OC(C)C(OC4OC(CO)C(O)C(O)C4O)C(O)C3O)C=C12. The van der Waals surface area contributed by atoms with E-state index in [1.807, 2.05) is 6.08 Å². The van der Waals surface area contributed by atoms with Crippen molar-refractivity contribution in [1.82, 2.24) is 0 Å². The molecule has 7 N–H and O–H groups in total. The van der Waals surface area contributed by atoms with E-state index in [1.54, 1.807) is 13.0 Å². The van der Waals surface area contributed by atoms with Gasteiger partial charge in [-0.15, -0.1) is 0 Å². The summed E-state index contributed by atoms with van der Waals surface area (Å²) in [5, 5.41) is 75.3. The smallest absolute Gasteiger partial charge is 0.335 e. The normalized spacial score (nSPS) is 49.6.